The van der Waals surface area contributed by atoms with Crippen molar-refractivity contribution >= 4 is 5.91 Å². The number of rotatable bonds is 3. The van der Waals surface area contributed by atoms with Gasteiger partial charge in [0.2, 0.25) is 0 Å². The zero-order valence-corrected chi connectivity index (χ0v) is 16.6. The van der Waals surface area contributed by atoms with Crippen LogP contribution in [-0.2, 0) is 13.5 Å². The lowest BCUT2D eigenvalue weighted by Crippen LogP contribution is -2.63. The van der Waals surface area contributed by atoms with Crippen LogP contribution in [0.3, 0.4) is 0 Å². The summed E-state index contributed by atoms with van der Waals surface area (Å²) in [5.41, 5.74) is 1.87. The molecule has 0 saturated carbocycles. The summed E-state index contributed by atoms with van der Waals surface area (Å²) in [7, 11) is 4.14. The summed E-state index contributed by atoms with van der Waals surface area (Å²) in [6.07, 6.45) is 6.74. The van der Waals surface area contributed by atoms with Gasteiger partial charge in [0.1, 0.15) is 5.69 Å². The number of likely N-dealkylation sites (tertiary alicyclic amines) is 2. The van der Waals surface area contributed by atoms with E-state index in [0.29, 0.717) is 12.0 Å². The second-order valence-electron chi connectivity index (χ2n) is 8.63. The molecule has 5 heteroatoms. The fraction of sp³-hybridized carbons (Fsp3) is 0.800. The second-order valence-corrected chi connectivity index (χ2v) is 8.63. The molecule has 0 N–H and O–H groups in total. The number of hydrogen-bond acceptors (Lipinski definition) is 3. The summed E-state index contributed by atoms with van der Waals surface area (Å²) in [6.45, 7) is 8.74. The molecule has 1 aromatic heterocycles. The monoisotopic (exact) mass is 346 g/mol. The maximum Gasteiger partial charge on any atom is 0.272 e. The molecule has 140 valence electrons. The Bertz CT molecular complexity index is 623. The van der Waals surface area contributed by atoms with E-state index in [1.54, 1.807) is 4.68 Å². The Morgan fingerprint density at radius 3 is 2.76 bits per heavy atom. The number of hydrogen-bond donors (Lipinski definition) is 0. The van der Waals surface area contributed by atoms with Crippen molar-refractivity contribution in [3.05, 3.63) is 17.5 Å². The first-order valence-electron chi connectivity index (χ1n) is 9.88. The second kappa shape index (κ2) is 7.10. The molecular weight excluding hydrogens is 312 g/mol. The zero-order valence-electron chi connectivity index (χ0n) is 16.6. The minimum absolute atomic E-state index is 0.101. The SMILES string of the molecule is CC(C)Cc1cc(C(=O)N2CCC[C@@]3(C)[C@@H]2CCCCN3C)n(C)n1. The molecule has 25 heavy (non-hydrogen) atoms. The number of aromatic nitrogens is 2. The largest absolute Gasteiger partial charge is 0.332 e. The molecule has 0 radical (unpaired) electrons. The zero-order chi connectivity index (χ0) is 18.2. The highest BCUT2D eigenvalue weighted by atomic mass is 16.2. The minimum atomic E-state index is 0.101. The van der Waals surface area contributed by atoms with Gasteiger partial charge in [-0.05, 0) is 64.6 Å². The van der Waals surface area contributed by atoms with Crippen molar-refractivity contribution in [3.8, 4) is 0 Å². The molecule has 3 rings (SSSR count). The lowest BCUT2D eigenvalue weighted by Gasteiger charge is -2.51. The Morgan fingerprint density at radius 1 is 1.28 bits per heavy atom. The minimum Gasteiger partial charge on any atom is -0.332 e. The maximum absolute atomic E-state index is 13.4. The summed E-state index contributed by atoms with van der Waals surface area (Å²) < 4.78 is 1.78. The smallest absolute Gasteiger partial charge is 0.272 e. The van der Waals surface area contributed by atoms with Gasteiger partial charge in [-0.25, -0.2) is 0 Å². The van der Waals surface area contributed by atoms with Crippen molar-refractivity contribution in [2.24, 2.45) is 13.0 Å². The van der Waals surface area contributed by atoms with Gasteiger partial charge in [-0.2, -0.15) is 5.10 Å². The van der Waals surface area contributed by atoms with Crippen molar-refractivity contribution in [1.29, 1.82) is 0 Å². The molecule has 5 nitrogen and oxygen atoms in total. The van der Waals surface area contributed by atoms with E-state index >= 15 is 0 Å². The van der Waals surface area contributed by atoms with Crippen LogP contribution in [0.5, 0.6) is 0 Å². The van der Waals surface area contributed by atoms with Crippen LogP contribution in [0, 0.1) is 5.92 Å². The Morgan fingerprint density at radius 2 is 2.04 bits per heavy atom. The number of likely N-dealkylation sites (N-methyl/N-ethyl adjacent to an activating group) is 1. The highest BCUT2D eigenvalue weighted by molar-refractivity contribution is 5.93. The van der Waals surface area contributed by atoms with Crippen LogP contribution >= 0.6 is 0 Å². The molecule has 0 aliphatic carbocycles. The molecule has 0 unspecified atom stereocenters. The topological polar surface area (TPSA) is 41.4 Å². The van der Waals surface area contributed by atoms with E-state index in [4.69, 9.17) is 0 Å². The Labute approximate surface area is 152 Å². The van der Waals surface area contributed by atoms with Crippen LogP contribution in [0.25, 0.3) is 0 Å². The van der Waals surface area contributed by atoms with E-state index in [1.165, 1.54) is 19.3 Å². The van der Waals surface area contributed by atoms with Gasteiger partial charge in [0.15, 0.2) is 0 Å². The van der Waals surface area contributed by atoms with Gasteiger partial charge in [-0.1, -0.05) is 20.3 Å². The Kier molecular flexibility index (Phi) is 5.24. The molecule has 0 bridgehead atoms. The predicted molar refractivity (Wildman–Crippen MR) is 101 cm³/mol. The van der Waals surface area contributed by atoms with Crippen LogP contribution in [-0.4, -0.2) is 57.2 Å². The normalized spacial score (nSPS) is 28.1. The van der Waals surface area contributed by atoms with E-state index in [1.807, 2.05) is 13.1 Å². The lowest BCUT2D eigenvalue weighted by atomic mass is 9.80. The number of aryl methyl sites for hydroxylation is 1. The quantitative estimate of drug-likeness (QED) is 0.844. The standard InChI is InChI=1S/C20H34N4O/c1-15(2)13-16-14-17(23(5)21-16)19(25)24-12-8-10-20(3)18(24)9-6-7-11-22(20)4/h14-15,18H,6-13H2,1-5H3/t18-,20-/m0/s1. The molecule has 2 atom stereocenters. The van der Waals surface area contributed by atoms with Crippen LogP contribution in [0.4, 0.5) is 0 Å². The molecule has 3 heterocycles. The number of nitrogens with zero attached hydrogens (tertiary/aromatic N) is 4. The molecule has 2 aliphatic rings. The molecular formula is C20H34N4O. The first-order valence-corrected chi connectivity index (χ1v) is 9.88. The fourth-order valence-electron chi connectivity index (χ4n) is 4.75. The first kappa shape index (κ1) is 18.4. The highest BCUT2D eigenvalue weighted by Crippen LogP contribution is 2.38. The van der Waals surface area contributed by atoms with E-state index in [2.05, 4.69) is 42.7 Å². The fourth-order valence-corrected chi connectivity index (χ4v) is 4.75. The van der Waals surface area contributed by atoms with Crippen molar-refractivity contribution in [2.75, 3.05) is 20.1 Å². The van der Waals surface area contributed by atoms with Gasteiger partial charge >= 0.3 is 0 Å². The van der Waals surface area contributed by atoms with Crippen molar-refractivity contribution in [3.63, 3.8) is 0 Å². The Hall–Kier alpha value is -1.36. The maximum atomic E-state index is 13.4. The van der Waals surface area contributed by atoms with Gasteiger partial charge in [0, 0.05) is 19.1 Å². The van der Waals surface area contributed by atoms with Gasteiger partial charge in [0.25, 0.3) is 5.91 Å². The summed E-state index contributed by atoms with van der Waals surface area (Å²) in [5.74, 6) is 0.711. The van der Waals surface area contributed by atoms with Crippen molar-refractivity contribution in [1.82, 2.24) is 19.6 Å². The number of amides is 1. The van der Waals surface area contributed by atoms with E-state index in [0.717, 1.165) is 43.7 Å². The van der Waals surface area contributed by atoms with E-state index in [-0.39, 0.29) is 11.4 Å². The number of carbonyl (C=O) groups excluding carboxylic acids is 1. The van der Waals surface area contributed by atoms with Crippen LogP contribution < -0.4 is 0 Å². The molecule has 0 aromatic carbocycles. The Balaban J connectivity index is 1.87. The van der Waals surface area contributed by atoms with Crippen LogP contribution in [0.2, 0.25) is 0 Å². The molecule has 0 spiro atoms. The first-order chi connectivity index (χ1) is 11.8. The number of fused-ring (bicyclic) bond motifs is 1. The summed E-state index contributed by atoms with van der Waals surface area (Å²) >= 11 is 0. The van der Waals surface area contributed by atoms with Gasteiger partial charge in [-0.15, -0.1) is 0 Å². The third-order valence-electron chi connectivity index (χ3n) is 6.30. The van der Waals surface area contributed by atoms with E-state index < -0.39 is 0 Å². The molecule has 2 fully saturated rings. The van der Waals surface area contributed by atoms with Gasteiger partial charge < -0.3 is 4.90 Å². The van der Waals surface area contributed by atoms with Crippen LogP contribution in [0.1, 0.15) is 69.1 Å². The molecule has 2 saturated heterocycles. The summed E-state index contributed by atoms with van der Waals surface area (Å²) in [5, 5.41) is 4.58. The average Bonchev–Trinajstić information content (AvgIpc) is 2.82. The van der Waals surface area contributed by atoms with Gasteiger partial charge in [-0.3, -0.25) is 14.4 Å². The number of piperidine rings is 1. The third kappa shape index (κ3) is 3.48. The lowest BCUT2D eigenvalue weighted by molar-refractivity contribution is -0.00391. The number of carbonyl (C=O) groups is 1. The third-order valence-corrected chi connectivity index (χ3v) is 6.30. The van der Waals surface area contributed by atoms with Crippen molar-refractivity contribution in [2.45, 2.75) is 70.9 Å². The summed E-state index contributed by atoms with van der Waals surface area (Å²) in [6, 6.07) is 2.32. The molecule has 2 aliphatic heterocycles. The average molecular weight is 347 g/mol. The molecule has 1 aromatic rings. The summed E-state index contributed by atoms with van der Waals surface area (Å²) in [4.78, 5) is 18.0. The van der Waals surface area contributed by atoms with E-state index in [9.17, 15) is 4.79 Å². The molecule has 1 amide bonds. The van der Waals surface area contributed by atoms with Gasteiger partial charge in [0.05, 0.1) is 11.7 Å². The van der Waals surface area contributed by atoms with Crippen LogP contribution in [0.15, 0.2) is 6.07 Å². The van der Waals surface area contributed by atoms with Crippen molar-refractivity contribution < 1.29 is 4.79 Å². The predicted octanol–water partition coefficient (Wildman–Crippen LogP) is 3.10. The highest BCUT2D eigenvalue weighted by Gasteiger charge is 2.46.